The van der Waals surface area contributed by atoms with Crippen LogP contribution in [0.25, 0.3) is 0 Å². The molecule has 1 heterocycles. The van der Waals surface area contributed by atoms with Crippen LogP contribution in [0.2, 0.25) is 0 Å². The molecule has 2 saturated carbocycles. The summed E-state index contributed by atoms with van der Waals surface area (Å²) in [6.07, 6.45) is 6.48. The van der Waals surface area contributed by atoms with Crippen LogP contribution in [-0.2, 0) is 14.4 Å². The smallest absolute Gasteiger partial charge is 0.368 e. The minimum absolute atomic E-state index is 0.0162. The first kappa shape index (κ1) is 36.9. The van der Waals surface area contributed by atoms with Gasteiger partial charge in [0.05, 0.1) is 11.6 Å². The van der Waals surface area contributed by atoms with Crippen molar-refractivity contribution in [1.82, 2.24) is 20.4 Å². The molecule has 264 valence electrons. The second kappa shape index (κ2) is 16.0. The second-order valence-electron chi connectivity index (χ2n) is 13.4. The molecule has 2 fully saturated rings. The Morgan fingerprint density at radius 1 is 0.875 bits per heavy atom. The topological polar surface area (TPSA) is 148 Å². The van der Waals surface area contributed by atoms with Gasteiger partial charge in [0.2, 0.25) is 23.8 Å². The van der Waals surface area contributed by atoms with E-state index in [0.29, 0.717) is 5.69 Å². The number of carbonyl (C=O) groups excluding carboxylic acids is 4. The van der Waals surface area contributed by atoms with Crippen LogP contribution in [0.5, 0.6) is 0 Å². The first-order valence-electron chi connectivity index (χ1n) is 16.8. The number of alkyl halides is 3. The molecule has 0 radical (unpaired) electrons. The first-order valence-corrected chi connectivity index (χ1v) is 16.8. The summed E-state index contributed by atoms with van der Waals surface area (Å²) in [7, 11) is 0. The fourth-order valence-corrected chi connectivity index (χ4v) is 7.27. The highest BCUT2D eigenvalue weighted by molar-refractivity contribution is 6.01. The summed E-state index contributed by atoms with van der Waals surface area (Å²) in [5.74, 6) is -5.98. The molecule has 1 unspecified atom stereocenters. The maximum Gasteiger partial charge on any atom is 0.417 e. The number of hydrogen-bond acceptors (Lipinski definition) is 5. The van der Waals surface area contributed by atoms with E-state index >= 15 is 4.39 Å². The van der Waals surface area contributed by atoms with Gasteiger partial charge in [0.1, 0.15) is 17.6 Å². The zero-order valence-corrected chi connectivity index (χ0v) is 27.6. The van der Waals surface area contributed by atoms with Crippen LogP contribution in [0.4, 0.5) is 23.2 Å². The molecule has 4 rings (SSSR count). The number of benzene rings is 1. The van der Waals surface area contributed by atoms with E-state index in [1.807, 2.05) is 13.8 Å². The van der Waals surface area contributed by atoms with E-state index in [-0.39, 0.29) is 35.0 Å². The SMILES string of the molecule is CC(C)n1nccc1C(=O)N[C@H](C(=O)Nc1ccc([C@H](C)C(=O)NC(C(N)=O)C(F)(F)F)cc1F)C(C1CCCCC1)C1CCCCC1. The Balaban J connectivity index is 1.61. The van der Waals surface area contributed by atoms with Gasteiger partial charge >= 0.3 is 6.18 Å². The van der Waals surface area contributed by atoms with Gasteiger partial charge in [-0.15, -0.1) is 0 Å². The van der Waals surface area contributed by atoms with Gasteiger partial charge < -0.3 is 21.7 Å². The Kier molecular flexibility index (Phi) is 12.2. The summed E-state index contributed by atoms with van der Waals surface area (Å²) in [6.45, 7) is 5.04. The molecule has 0 bridgehead atoms. The number of nitrogens with two attached hydrogens (primary N) is 1. The molecule has 0 spiro atoms. The third-order valence-corrected chi connectivity index (χ3v) is 9.78. The van der Waals surface area contributed by atoms with Crippen LogP contribution in [0.15, 0.2) is 30.5 Å². The van der Waals surface area contributed by atoms with Crippen molar-refractivity contribution in [3.8, 4) is 0 Å². The molecule has 4 amide bonds. The third kappa shape index (κ3) is 8.93. The Bertz CT molecular complexity index is 1430. The molecular weight excluding hydrogens is 632 g/mol. The van der Waals surface area contributed by atoms with E-state index < -0.39 is 53.6 Å². The Hall–Kier alpha value is -3.97. The number of nitrogens with zero attached hydrogens (tertiary/aromatic N) is 2. The van der Waals surface area contributed by atoms with Gasteiger partial charge in [0.15, 0.2) is 0 Å². The van der Waals surface area contributed by atoms with E-state index in [0.717, 1.165) is 70.3 Å². The van der Waals surface area contributed by atoms with Crippen molar-refractivity contribution in [2.45, 2.75) is 115 Å². The van der Waals surface area contributed by atoms with Crippen LogP contribution in [0.1, 0.15) is 113 Å². The van der Waals surface area contributed by atoms with Crippen molar-refractivity contribution in [2.24, 2.45) is 23.5 Å². The third-order valence-electron chi connectivity index (χ3n) is 9.78. The van der Waals surface area contributed by atoms with Gasteiger partial charge in [0.25, 0.3) is 5.91 Å². The van der Waals surface area contributed by atoms with Crippen molar-refractivity contribution >= 4 is 29.3 Å². The molecule has 2 aromatic rings. The fraction of sp³-hybridized carbons (Fsp3) is 0.618. The molecule has 10 nitrogen and oxygen atoms in total. The van der Waals surface area contributed by atoms with E-state index in [4.69, 9.17) is 5.73 Å². The Labute approximate surface area is 278 Å². The number of halogens is 4. The van der Waals surface area contributed by atoms with Gasteiger partial charge in [0, 0.05) is 12.2 Å². The zero-order chi connectivity index (χ0) is 35.2. The van der Waals surface area contributed by atoms with E-state index in [2.05, 4.69) is 15.7 Å². The monoisotopic (exact) mass is 678 g/mol. The fourth-order valence-electron chi connectivity index (χ4n) is 7.27. The number of nitrogens with one attached hydrogen (secondary N) is 3. The van der Waals surface area contributed by atoms with Gasteiger partial charge in [-0.05, 0) is 62.3 Å². The molecule has 5 N–H and O–H groups in total. The highest BCUT2D eigenvalue weighted by Crippen LogP contribution is 2.42. The van der Waals surface area contributed by atoms with Crippen LogP contribution >= 0.6 is 0 Å². The maximum atomic E-state index is 15.5. The zero-order valence-electron chi connectivity index (χ0n) is 27.6. The van der Waals surface area contributed by atoms with Crippen LogP contribution in [0.3, 0.4) is 0 Å². The van der Waals surface area contributed by atoms with Crippen molar-refractivity contribution in [3.05, 3.63) is 47.5 Å². The summed E-state index contributed by atoms with van der Waals surface area (Å²) < 4.78 is 56.6. The van der Waals surface area contributed by atoms with Crippen molar-refractivity contribution in [2.75, 3.05) is 5.32 Å². The van der Waals surface area contributed by atoms with E-state index in [1.165, 1.54) is 25.3 Å². The number of rotatable bonds is 12. The number of aromatic nitrogens is 2. The van der Waals surface area contributed by atoms with Gasteiger partial charge in [-0.1, -0.05) is 70.3 Å². The molecule has 1 aromatic heterocycles. The normalized spacial score (nSPS) is 18.3. The molecule has 3 atom stereocenters. The lowest BCUT2D eigenvalue weighted by atomic mass is 9.66. The van der Waals surface area contributed by atoms with Gasteiger partial charge in [-0.2, -0.15) is 18.3 Å². The number of carbonyl (C=O) groups is 4. The molecule has 1 aromatic carbocycles. The molecule has 48 heavy (non-hydrogen) atoms. The minimum Gasteiger partial charge on any atom is -0.368 e. The highest BCUT2D eigenvalue weighted by Gasteiger charge is 2.46. The van der Waals surface area contributed by atoms with Crippen molar-refractivity contribution in [3.63, 3.8) is 0 Å². The summed E-state index contributed by atoms with van der Waals surface area (Å²) in [5.41, 5.74) is 4.93. The highest BCUT2D eigenvalue weighted by atomic mass is 19.4. The summed E-state index contributed by atoms with van der Waals surface area (Å²) in [6, 6.07) is 1.10. The Morgan fingerprint density at radius 2 is 1.46 bits per heavy atom. The van der Waals surface area contributed by atoms with Crippen LogP contribution in [0, 0.1) is 23.6 Å². The van der Waals surface area contributed by atoms with Gasteiger partial charge in [-0.3, -0.25) is 23.9 Å². The average molecular weight is 679 g/mol. The molecule has 2 aliphatic carbocycles. The van der Waals surface area contributed by atoms with Crippen molar-refractivity contribution < 1.29 is 36.7 Å². The Morgan fingerprint density at radius 3 is 1.96 bits per heavy atom. The molecule has 0 aliphatic heterocycles. The maximum absolute atomic E-state index is 15.5. The molecular formula is C34H46F4N6O4. The number of primary amides is 1. The van der Waals surface area contributed by atoms with Crippen molar-refractivity contribution in [1.29, 1.82) is 0 Å². The van der Waals surface area contributed by atoms with E-state index in [9.17, 15) is 32.3 Å². The number of anilines is 1. The predicted molar refractivity (Wildman–Crippen MR) is 171 cm³/mol. The second-order valence-corrected chi connectivity index (χ2v) is 13.4. The predicted octanol–water partition coefficient (Wildman–Crippen LogP) is 5.75. The standard InChI is InChI=1S/C34H46F4N6O4/c1-19(2)44-26(16-17-40-44)32(47)42-28(27(21-10-6-4-7-11-21)22-12-8-5-9-13-22)33(48)41-25-15-14-23(18-24(25)35)20(3)31(46)43-29(30(39)45)34(36,37)38/h14-22,27-29H,4-13H2,1-3H3,(H2,39,45)(H,41,48)(H,42,47)(H,43,46)/t20-,28-,29?/m0/s1. The first-order chi connectivity index (χ1) is 22.7. The quantitative estimate of drug-likeness (QED) is 0.211. The van der Waals surface area contributed by atoms with Gasteiger partial charge in [-0.25, -0.2) is 4.39 Å². The summed E-state index contributed by atoms with van der Waals surface area (Å²) in [5, 5.41) is 11.5. The lowest BCUT2D eigenvalue weighted by Gasteiger charge is -2.42. The van der Waals surface area contributed by atoms with Crippen LogP contribution in [-0.4, -0.2) is 51.7 Å². The van der Waals surface area contributed by atoms with E-state index in [1.54, 1.807) is 16.1 Å². The minimum atomic E-state index is -5.10. The lowest BCUT2D eigenvalue weighted by Crippen LogP contribution is -2.54. The lowest BCUT2D eigenvalue weighted by molar-refractivity contribution is -0.170. The summed E-state index contributed by atoms with van der Waals surface area (Å²) >= 11 is 0. The van der Waals surface area contributed by atoms with Crippen LogP contribution < -0.4 is 21.7 Å². The average Bonchev–Trinajstić information content (AvgIpc) is 3.55. The summed E-state index contributed by atoms with van der Waals surface area (Å²) in [4.78, 5) is 51.8. The number of amides is 4. The number of hydrogen-bond donors (Lipinski definition) is 4. The molecule has 2 aliphatic rings. The molecule has 0 saturated heterocycles. The molecule has 14 heteroatoms. The largest absolute Gasteiger partial charge is 0.417 e.